The fraction of sp³-hybridized carbons (Fsp3) is 0.375. The van der Waals surface area contributed by atoms with Crippen LogP contribution < -0.4 is 9.47 Å². The van der Waals surface area contributed by atoms with Crippen LogP contribution in [-0.2, 0) is 13.2 Å². The van der Waals surface area contributed by atoms with Crippen molar-refractivity contribution in [2.45, 2.75) is 39.5 Å². The lowest BCUT2D eigenvalue weighted by atomic mass is 10.1. The Bertz CT molecular complexity index is 987. The van der Waals surface area contributed by atoms with Crippen LogP contribution in [0.1, 0.15) is 30.2 Å². The average Bonchev–Trinajstić information content (AvgIpc) is 3.07. The van der Waals surface area contributed by atoms with Crippen molar-refractivity contribution in [1.82, 2.24) is 14.7 Å². The first-order valence-electron chi connectivity index (χ1n) is 10.4. The van der Waals surface area contributed by atoms with Gasteiger partial charge in [0, 0.05) is 18.2 Å². The van der Waals surface area contributed by atoms with E-state index < -0.39 is 0 Å². The zero-order valence-electron chi connectivity index (χ0n) is 18.5. The summed E-state index contributed by atoms with van der Waals surface area (Å²) in [6.45, 7) is 5.13. The summed E-state index contributed by atoms with van der Waals surface area (Å²) in [6, 6.07) is 15.8. The summed E-state index contributed by atoms with van der Waals surface area (Å²) < 4.78 is 13.3. The third-order valence-electron chi connectivity index (χ3n) is 5.46. The number of nitrogens with zero attached hydrogens (tertiary/aromatic N) is 3. The molecule has 0 aliphatic heterocycles. The first kappa shape index (κ1) is 23.1. The molecule has 0 saturated heterocycles. The largest absolute Gasteiger partial charge is 0.493 e. The van der Waals surface area contributed by atoms with Crippen molar-refractivity contribution in [3.8, 4) is 17.2 Å². The number of hydrogen-bond donors (Lipinski definition) is 1. The van der Waals surface area contributed by atoms with E-state index in [-0.39, 0.29) is 19.3 Å². The van der Waals surface area contributed by atoms with Gasteiger partial charge in [-0.05, 0) is 50.2 Å². The minimum atomic E-state index is 0.133. The fourth-order valence-corrected chi connectivity index (χ4v) is 3.84. The zero-order chi connectivity index (χ0) is 22.4. The molecule has 0 fully saturated rings. The normalized spacial score (nSPS) is 12.2. The lowest BCUT2D eigenvalue weighted by molar-refractivity contribution is 0.138. The number of methoxy groups -OCH3 is 1. The highest BCUT2D eigenvalue weighted by Crippen LogP contribution is 2.31. The maximum atomic E-state index is 9.51. The smallest absolute Gasteiger partial charge is 0.161 e. The molecule has 2 aromatic carbocycles. The molecule has 0 amide bonds. The Kier molecular flexibility index (Phi) is 7.96. The fourth-order valence-electron chi connectivity index (χ4n) is 3.51. The average molecular weight is 444 g/mol. The van der Waals surface area contributed by atoms with Crippen molar-refractivity contribution in [3.05, 3.63) is 70.5 Å². The predicted octanol–water partition coefficient (Wildman–Crippen LogP) is 4.62. The number of aryl methyl sites for hydroxylation is 1. The maximum absolute atomic E-state index is 9.51. The van der Waals surface area contributed by atoms with Gasteiger partial charge in [0.05, 0.1) is 25.1 Å². The van der Waals surface area contributed by atoms with Crippen LogP contribution in [0.3, 0.4) is 0 Å². The van der Waals surface area contributed by atoms with E-state index >= 15 is 0 Å². The highest BCUT2D eigenvalue weighted by atomic mass is 35.5. The Morgan fingerprint density at radius 1 is 1.16 bits per heavy atom. The van der Waals surface area contributed by atoms with Gasteiger partial charge in [0.25, 0.3) is 0 Å². The van der Waals surface area contributed by atoms with E-state index in [1.54, 1.807) is 11.8 Å². The van der Waals surface area contributed by atoms with Crippen LogP contribution >= 0.6 is 11.6 Å². The number of halogens is 1. The molecule has 1 aromatic heterocycles. The molecule has 0 radical (unpaired) electrons. The van der Waals surface area contributed by atoms with Crippen LogP contribution in [0.2, 0.25) is 5.15 Å². The minimum Gasteiger partial charge on any atom is -0.493 e. The third-order valence-corrected chi connectivity index (χ3v) is 5.85. The van der Waals surface area contributed by atoms with E-state index in [1.807, 2.05) is 62.5 Å². The van der Waals surface area contributed by atoms with Gasteiger partial charge in [-0.3, -0.25) is 4.90 Å². The van der Waals surface area contributed by atoms with Gasteiger partial charge in [0.1, 0.15) is 11.8 Å². The van der Waals surface area contributed by atoms with Gasteiger partial charge in [0.2, 0.25) is 0 Å². The molecule has 31 heavy (non-hydrogen) atoms. The number of aliphatic hydroxyl groups is 1. The van der Waals surface area contributed by atoms with Crippen molar-refractivity contribution in [1.29, 1.82) is 0 Å². The minimum absolute atomic E-state index is 0.133. The maximum Gasteiger partial charge on any atom is 0.161 e. The number of rotatable bonds is 10. The van der Waals surface area contributed by atoms with Crippen LogP contribution in [0.4, 0.5) is 0 Å². The first-order chi connectivity index (χ1) is 15.0. The van der Waals surface area contributed by atoms with E-state index in [0.717, 1.165) is 28.9 Å². The molecule has 3 rings (SSSR count). The second-order valence-corrected chi connectivity index (χ2v) is 7.89. The Morgan fingerprint density at radius 2 is 1.90 bits per heavy atom. The predicted molar refractivity (Wildman–Crippen MR) is 123 cm³/mol. The monoisotopic (exact) mass is 443 g/mol. The number of aliphatic hydroxyl groups excluding tert-OH is 1. The molecule has 0 aliphatic carbocycles. The number of para-hydroxylation sites is 1. The molecule has 0 aliphatic rings. The highest BCUT2D eigenvalue weighted by molar-refractivity contribution is 6.30. The first-order valence-corrected chi connectivity index (χ1v) is 10.8. The molecule has 7 heteroatoms. The molecular formula is C24H30ClN3O3. The molecule has 1 N–H and O–H groups in total. The molecule has 0 unspecified atom stereocenters. The number of ether oxygens (including phenoxy) is 2. The van der Waals surface area contributed by atoms with E-state index in [2.05, 4.69) is 16.9 Å². The van der Waals surface area contributed by atoms with Gasteiger partial charge in [-0.2, -0.15) is 5.10 Å². The van der Waals surface area contributed by atoms with Crippen LogP contribution in [0.25, 0.3) is 5.69 Å². The standard InChI is InChI=1S/C24H30ClN3O3/c1-5-19(15-29)27(3)14-18-11-12-22(23(13-18)30-4)31-16-21-17(2)26-28(24(21)25)20-9-7-6-8-10-20/h6-13,19,29H,5,14-16H2,1-4H3/t19-/m1/s1. The van der Waals surface area contributed by atoms with Crippen LogP contribution in [0.15, 0.2) is 48.5 Å². The molecule has 0 saturated carbocycles. The molecule has 0 spiro atoms. The van der Waals surface area contributed by atoms with E-state index in [0.29, 0.717) is 23.2 Å². The van der Waals surface area contributed by atoms with Gasteiger partial charge in [-0.1, -0.05) is 42.8 Å². The summed E-state index contributed by atoms with van der Waals surface area (Å²) in [5, 5.41) is 14.6. The van der Waals surface area contributed by atoms with Crippen molar-refractivity contribution >= 4 is 11.6 Å². The molecule has 3 aromatic rings. The van der Waals surface area contributed by atoms with Crippen molar-refractivity contribution in [2.75, 3.05) is 20.8 Å². The lowest BCUT2D eigenvalue weighted by Crippen LogP contribution is -2.33. The topological polar surface area (TPSA) is 59.8 Å². The van der Waals surface area contributed by atoms with Crippen molar-refractivity contribution < 1.29 is 14.6 Å². The summed E-state index contributed by atoms with van der Waals surface area (Å²) >= 11 is 6.61. The van der Waals surface area contributed by atoms with E-state index in [4.69, 9.17) is 21.1 Å². The summed E-state index contributed by atoms with van der Waals surface area (Å²) in [6.07, 6.45) is 0.891. The Labute approximate surface area is 189 Å². The third kappa shape index (κ3) is 5.39. The van der Waals surface area contributed by atoms with Crippen LogP contribution in [0, 0.1) is 6.92 Å². The van der Waals surface area contributed by atoms with Gasteiger partial charge in [0.15, 0.2) is 11.5 Å². The zero-order valence-corrected chi connectivity index (χ0v) is 19.3. The van der Waals surface area contributed by atoms with Gasteiger partial charge in [-0.15, -0.1) is 0 Å². The van der Waals surface area contributed by atoms with Crippen molar-refractivity contribution in [3.63, 3.8) is 0 Å². The second kappa shape index (κ2) is 10.7. The summed E-state index contributed by atoms with van der Waals surface area (Å²) in [5.41, 5.74) is 3.65. The quantitative estimate of drug-likeness (QED) is 0.495. The molecule has 6 nitrogen and oxygen atoms in total. The summed E-state index contributed by atoms with van der Waals surface area (Å²) in [7, 11) is 3.64. The SMILES string of the molecule is CC[C@H](CO)N(C)Cc1ccc(OCc2c(C)nn(-c3ccccc3)c2Cl)c(OC)c1. The Balaban J connectivity index is 1.74. The summed E-state index contributed by atoms with van der Waals surface area (Å²) in [5.74, 6) is 1.30. The number of likely N-dealkylation sites (N-methyl/N-ethyl adjacent to an activating group) is 1. The highest BCUT2D eigenvalue weighted by Gasteiger charge is 2.17. The van der Waals surface area contributed by atoms with Gasteiger partial charge in [-0.25, -0.2) is 4.68 Å². The number of hydrogen-bond acceptors (Lipinski definition) is 5. The van der Waals surface area contributed by atoms with Crippen LogP contribution in [0.5, 0.6) is 11.5 Å². The Hall–Kier alpha value is -2.54. The number of benzene rings is 2. The van der Waals surface area contributed by atoms with Gasteiger partial charge >= 0.3 is 0 Å². The Morgan fingerprint density at radius 3 is 2.55 bits per heavy atom. The second-order valence-electron chi connectivity index (χ2n) is 7.54. The summed E-state index contributed by atoms with van der Waals surface area (Å²) in [4.78, 5) is 2.14. The van der Waals surface area contributed by atoms with E-state index in [9.17, 15) is 5.11 Å². The molecule has 1 atom stereocenters. The molecule has 0 bridgehead atoms. The molecular weight excluding hydrogens is 414 g/mol. The van der Waals surface area contributed by atoms with E-state index in [1.165, 1.54) is 0 Å². The van der Waals surface area contributed by atoms with Crippen LogP contribution in [-0.4, -0.2) is 46.6 Å². The lowest BCUT2D eigenvalue weighted by Gasteiger charge is -2.25. The van der Waals surface area contributed by atoms with Crippen molar-refractivity contribution in [2.24, 2.45) is 0 Å². The molecule has 1 heterocycles. The molecule has 166 valence electrons. The number of aromatic nitrogens is 2. The van der Waals surface area contributed by atoms with Gasteiger partial charge < -0.3 is 14.6 Å².